The van der Waals surface area contributed by atoms with Crippen molar-refractivity contribution in [3.63, 3.8) is 0 Å². The molecular formula is C11H14ClNO2. The molecule has 1 aliphatic rings. The van der Waals surface area contributed by atoms with Crippen molar-refractivity contribution in [1.29, 1.82) is 0 Å². The van der Waals surface area contributed by atoms with E-state index in [4.69, 9.17) is 21.1 Å². The minimum Gasteiger partial charge on any atom is -0.484 e. The highest BCUT2D eigenvalue weighted by Gasteiger charge is 2.24. The van der Waals surface area contributed by atoms with Crippen LogP contribution in [0.1, 0.15) is 0 Å². The van der Waals surface area contributed by atoms with Gasteiger partial charge >= 0.3 is 0 Å². The van der Waals surface area contributed by atoms with E-state index in [1.165, 1.54) is 0 Å². The predicted molar refractivity (Wildman–Crippen MR) is 61.0 cm³/mol. The minimum absolute atomic E-state index is 0.0750. The molecule has 1 atom stereocenters. The first kappa shape index (κ1) is 10.6. The second kappa shape index (κ2) is 4.29. The summed E-state index contributed by atoms with van der Waals surface area (Å²) in [5.41, 5.74) is 0.964. The Hall–Kier alpha value is -0.930. The molecule has 0 unspecified atom stereocenters. The second-order valence-corrected chi connectivity index (χ2v) is 4.07. The number of nitrogens with zero attached hydrogens (tertiary/aromatic N) is 1. The molecule has 0 fully saturated rings. The summed E-state index contributed by atoms with van der Waals surface area (Å²) in [6, 6.07) is 5.70. The number of hydrogen-bond acceptors (Lipinski definition) is 3. The van der Waals surface area contributed by atoms with Crippen molar-refractivity contribution < 1.29 is 9.47 Å². The Kier molecular flexibility index (Phi) is 3.03. The van der Waals surface area contributed by atoms with Gasteiger partial charge in [-0.3, -0.25) is 0 Å². The van der Waals surface area contributed by atoms with Crippen LogP contribution >= 0.6 is 11.6 Å². The third-order valence-electron chi connectivity index (χ3n) is 2.46. The van der Waals surface area contributed by atoms with Crippen LogP contribution < -0.4 is 9.64 Å². The maximum atomic E-state index is 6.11. The maximum Gasteiger partial charge on any atom is 0.144 e. The molecule has 82 valence electrons. The zero-order chi connectivity index (χ0) is 10.8. The molecule has 3 nitrogen and oxygen atoms in total. The number of fused-ring (bicyclic) bond motifs is 1. The van der Waals surface area contributed by atoms with E-state index in [1.807, 2.05) is 25.2 Å². The zero-order valence-electron chi connectivity index (χ0n) is 8.87. The van der Waals surface area contributed by atoms with Gasteiger partial charge in [-0.2, -0.15) is 0 Å². The van der Waals surface area contributed by atoms with Crippen molar-refractivity contribution in [1.82, 2.24) is 0 Å². The minimum atomic E-state index is 0.0750. The number of anilines is 1. The molecular weight excluding hydrogens is 214 g/mol. The van der Waals surface area contributed by atoms with E-state index in [0.717, 1.165) is 23.0 Å². The predicted octanol–water partition coefficient (Wildman–Crippen LogP) is 2.18. The van der Waals surface area contributed by atoms with Gasteiger partial charge in [-0.25, -0.2) is 0 Å². The number of ether oxygens (including phenoxy) is 2. The first-order chi connectivity index (χ1) is 7.22. The summed E-state index contributed by atoms with van der Waals surface area (Å²) in [5, 5.41) is 0.728. The van der Waals surface area contributed by atoms with Gasteiger partial charge in [-0.05, 0) is 12.1 Å². The molecule has 4 heteroatoms. The Balaban J connectivity index is 2.28. The highest BCUT2D eigenvalue weighted by atomic mass is 35.5. The molecule has 1 aliphatic heterocycles. The summed E-state index contributed by atoms with van der Waals surface area (Å²) < 4.78 is 10.9. The summed E-state index contributed by atoms with van der Waals surface area (Å²) in [5.74, 6) is 0.832. The third-order valence-corrected chi connectivity index (χ3v) is 2.76. The Morgan fingerprint density at radius 3 is 3.13 bits per heavy atom. The first-order valence-electron chi connectivity index (χ1n) is 4.87. The maximum absolute atomic E-state index is 6.11. The molecule has 0 aromatic heterocycles. The van der Waals surface area contributed by atoms with E-state index in [9.17, 15) is 0 Å². The lowest BCUT2D eigenvalue weighted by atomic mass is 10.2. The van der Waals surface area contributed by atoms with Crippen LogP contribution in [0.4, 0.5) is 5.69 Å². The average molecular weight is 228 g/mol. The van der Waals surface area contributed by atoms with Gasteiger partial charge in [0.2, 0.25) is 0 Å². The number of hydrogen-bond donors (Lipinski definition) is 0. The molecule has 1 heterocycles. The van der Waals surface area contributed by atoms with Gasteiger partial charge in [-0.1, -0.05) is 17.7 Å². The molecule has 0 saturated heterocycles. The fourth-order valence-electron chi connectivity index (χ4n) is 1.85. The summed E-state index contributed by atoms with van der Waals surface area (Å²) in [6.07, 6.45) is 0.0750. The first-order valence-corrected chi connectivity index (χ1v) is 5.25. The monoisotopic (exact) mass is 227 g/mol. The van der Waals surface area contributed by atoms with Gasteiger partial charge in [-0.15, -0.1) is 0 Å². The number of halogens is 1. The van der Waals surface area contributed by atoms with Crippen LogP contribution in [-0.2, 0) is 4.74 Å². The van der Waals surface area contributed by atoms with Crippen LogP contribution in [0, 0.1) is 0 Å². The topological polar surface area (TPSA) is 21.7 Å². The van der Waals surface area contributed by atoms with E-state index in [1.54, 1.807) is 7.11 Å². The van der Waals surface area contributed by atoms with Crippen molar-refractivity contribution in [2.24, 2.45) is 0 Å². The summed E-state index contributed by atoms with van der Waals surface area (Å²) >= 11 is 6.11. The van der Waals surface area contributed by atoms with Crippen LogP contribution in [0.3, 0.4) is 0 Å². The fourth-order valence-corrected chi connectivity index (χ4v) is 2.16. The lowest BCUT2D eigenvalue weighted by molar-refractivity contribution is 0.0801. The van der Waals surface area contributed by atoms with Crippen molar-refractivity contribution >= 4 is 17.3 Å². The van der Waals surface area contributed by atoms with Gasteiger partial charge in [0, 0.05) is 14.2 Å². The molecule has 15 heavy (non-hydrogen) atoms. The summed E-state index contributed by atoms with van der Waals surface area (Å²) in [4.78, 5) is 2.10. The number of benzene rings is 1. The quantitative estimate of drug-likeness (QED) is 0.773. The van der Waals surface area contributed by atoms with E-state index >= 15 is 0 Å². The molecule has 1 aromatic rings. The van der Waals surface area contributed by atoms with Crippen LogP contribution in [0.5, 0.6) is 5.75 Å². The van der Waals surface area contributed by atoms with E-state index < -0.39 is 0 Å². The second-order valence-electron chi connectivity index (χ2n) is 3.66. The standard InChI is InChI=1S/C11H14ClNO2/c1-13-6-8(7-14-2)15-10-5-3-4-9(12)11(10)13/h3-5,8H,6-7H2,1-2H3/t8-/m1/s1. The Labute approximate surface area is 94.5 Å². The van der Waals surface area contributed by atoms with Crippen molar-refractivity contribution in [3.8, 4) is 5.75 Å². The lowest BCUT2D eigenvalue weighted by Crippen LogP contribution is -2.40. The van der Waals surface area contributed by atoms with E-state index in [0.29, 0.717) is 6.61 Å². The zero-order valence-corrected chi connectivity index (χ0v) is 9.62. The normalized spacial score (nSPS) is 19.7. The van der Waals surface area contributed by atoms with E-state index in [-0.39, 0.29) is 6.10 Å². The van der Waals surface area contributed by atoms with Gasteiger partial charge in [0.25, 0.3) is 0 Å². The number of rotatable bonds is 2. The number of methoxy groups -OCH3 is 1. The molecule has 2 rings (SSSR count). The third kappa shape index (κ3) is 2.03. The van der Waals surface area contributed by atoms with Crippen molar-refractivity contribution in [2.45, 2.75) is 6.10 Å². The van der Waals surface area contributed by atoms with Crippen LogP contribution in [0.25, 0.3) is 0 Å². The fraction of sp³-hybridized carbons (Fsp3) is 0.455. The summed E-state index contributed by atoms with van der Waals surface area (Å²) in [7, 11) is 3.69. The van der Waals surface area contributed by atoms with Crippen LogP contribution in [0.2, 0.25) is 5.02 Å². The Morgan fingerprint density at radius 1 is 1.60 bits per heavy atom. The SMILES string of the molecule is COC[C@H]1CN(C)c2c(Cl)cccc2O1. The smallest absolute Gasteiger partial charge is 0.144 e. The number of likely N-dealkylation sites (N-methyl/N-ethyl adjacent to an activating group) is 1. The highest BCUT2D eigenvalue weighted by molar-refractivity contribution is 6.33. The summed E-state index contributed by atoms with van der Waals surface area (Å²) in [6.45, 7) is 1.39. The molecule has 0 spiro atoms. The molecule has 0 amide bonds. The van der Waals surface area contributed by atoms with Gasteiger partial charge in [0.1, 0.15) is 11.9 Å². The highest BCUT2D eigenvalue weighted by Crippen LogP contribution is 2.38. The molecule has 0 N–H and O–H groups in total. The van der Waals surface area contributed by atoms with Crippen molar-refractivity contribution in [3.05, 3.63) is 23.2 Å². The molecule has 0 aliphatic carbocycles. The van der Waals surface area contributed by atoms with Gasteiger partial charge < -0.3 is 14.4 Å². The largest absolute Gasteiger partial charge is 0.484 e. The Bertz CT molecular complexity index is 356. The number of para-hydroxylation sites is 1. The lowest BCUT2D eigenvalue weighted by Gasteiger charge is -2.34. The van der Waals surface area contributed by atoms with Crippen LogP contribution in [-0.4, -0.2) is 33.4 Å². The average Bonchev–Trinajstić information content (AvgIpc) is 2.17. The molecule has 0 radical (unpaired) electrons. The molecule has 1 aromatic carbocycles. The van der Waals surface area contributed by atoms with Crippen LogP contribution in [0.15, 0.2) is 18.2 Å². The van der Waals surface area contributed by atoms with E-state index in [2.05, 4.69) is 4.90 Å². The van der Waals surface area contributed by atoms with Gasteiger partial charge in [0.15, 0.2) is 0 Å². The van der Waals surface area contributed by atoms with Gasteiger partial charge in [0.05, 0.1) is 23.9 Å². The Morgan fingerprint density at radius 2 is 2.40 bits per heavy atom. The molecule has 0 saturated carbocycles. The molecule has 0 bridgehead atoms. The van der Waals surface area contributed by atoms with Crippen molar-refractivity contribution in [2.75, 3.05) is 32.2 Å².